The Kier molecular flexibility index (Phi) is 5.94. The average molecular weight is 491 g/mol. The highest BCUT2D eigenvalue weighted by Crippen LogP contribution is 2.34. The molecule has 35 heavy (non-hydrogen) atoms. The van der Waals surface area contributed by atoms with Gasteiger partial charge < -0.3 is 10.0 Å². The van der Waals surface area contributed by atoms with E-state index in [1.807, 2.05) is 18.7 Å². The van der Waals surface area contributed by atoms with Crippen molar-refractivity contribution < 1.29 is 19.1 Å². The van der Waals surface area contributed by atoms with Crippen molar-refractivity contribution in [2.24, 2.45) is 0 Å². The third-order valence-electron chi connectivity index (χ3n) is 6.33. The lowest BCUT2D eigenvalue weighted by atomic mass is 10.0. The van der Waals surface area contributed by atoms with Gasteiger partial charge in [0.05, 0.1) is 11.7 Å². The molecule has 0 saturated heterocycles. The second kappa shape index (κ2) is 9.07. The molecule has 4 heterocycles. The number of benzene rings is 1. The van der Waals surface area contributed by atoms with E-state index in [0.717, 1.165) is 18.2 Å². The lowest BCUT2D eigenvalue weighted by Gasteiger charge is -2.33. The predicted molar refractivity (Wildman–Crippen MR) is 132 cm³/mol. The molecule has 0 saturated carbocycles. The fraction of sp³-hybridized carbons (Fsp3) is 0.231. The third kappa shape index (κ3) is 4.12. The second-order valence-corrected chi connectivity index (χ2v) is 9.39. The monoisotopic (exact) mass is 490 g/mol. The normalized spacial score (nSPS) is 15.6. The number of thiophene rings is 1. The molecule has 1 aliphatic rings. The van der Waals surface area contributed by atoms with Crippen LogP contribution in [0.3, 0.4) is 0 Å². The number of carboxylic acid groups (broad SMARTS) is 1. The van der Waals surface area contributed by atoms with Gasteiger partial charge in [-0.15, -0.1) is 11.3 Å². The van der Waals surface area contributed by atoms with Crippen molar-refractivity contribution in [2.75, 3.05) is 6.54 Å². The van der Waals surface area contributed by atoms with Crippen LogP contribution in [-0.2, 0) is 17.6 Å². The van der Waals surface area contributed by atoms with Gasteiger partial charge in [-0.3, -0.25) is 4.79 Å². The molecular weight excluding hydrogens is 467 g/mol. The highest BCUT2D eigenvalue weighted by molar-refractivity contribution is 7.10. The van der Waals surface area contributed by atoms with Crippen molar-refractivity contribution in [3.8, 4) is 11.3 Å². The molecule has 4 aromatic rings. The first-order valence-corrected chi connectivity index (χ1v) is 12.2. The number of aliphatic carboxylic acids is 1. The van der Waals surface area contributed by atoms with E-state index < -0.39 is 11.8 Å². The van der Waals surface area contributed by atoms with E-state index >= 15 is 4.39 Å². The first-order valence-electron chi connectivity index (χ1n) is 11.3. The summed E-state index contributed by atoms with van der Waals surface area (Å²) in [6.07, 6.45) is 3.53. The molecule has 0 spiro atoms. The van der Waals surface area contributed by atoms with Gasteiger partial charge in [-0.05, 0) is 55.0 Å². The molecule has 0 bridgehead atoms. The number of nitrogens with zero attached hydrogens (tertiary/aromatic N) is 4. The number of rotatable bonds is 5. The number of hydrogen-bond donors (Lipinski definition) is 1. The van der Waals surface area contributed by atoms with Gasteiger partial charge >= 0.3 is 5.97 Å². The second-order valence-electron chi connectivity index (χ2n) is 8.39. The van der Waals surface area contributed by atoms with E-state index in [4.69, 9.17) is 5.11 Å². The lowest BCUT2D eigenvalue weighted by molar-refractivity contribution is -0.131. The van der Waals surface area contributed by atoms with Gasteiger partial charge in [0.25, 0.3) is 5.91 Å². The Labute approximate surface area is 205 Å². The van der Waals surface area contributed by atoms with Crippen LogP contribution in [0.25, 0.3) is 23.0 Å². The molecule has 9 heteroatoms. The van der Waals surface area contributed by atoms with Crippen LogP contribution in [0, 0.1) is 5.82 Å². The standard InChI is InChI=1S/C26H23FN4O3S/c1-3-17-13-21(26(34)30-11-9-22-18(15(30)2)10-12-35-22)28-23-14-20(29-31(17)23)19-6-4-5-16(25(19)27)7-8-24(32)33/h4-8,10,12-15H,3,9,11H2,1-2H3,(H,32,33)/b8-7+. The van der Waals surface area contributed by atoms with Gasteiger partial charge in [0.2, 0.25) is 0 Å². The molecule has 0 radical (unpaired) electrons. The van der Waals surface area contributed by atoms with Gasteiger partial charge in [-0.1, -0.05) is 19.1 Å². The minimum absolute atomic E-state index is 0.0308. The maximum absolute atomic E-state index is 15.1. The minimum Gasteiger partial charge on any atom is -0.478 e. The zero-order chi connectivity index (χ0) is 24.7. The van der Waals surface area contributed by atoms with Crippen LogP contribution in [0.4, 0.5) is 4.39 Å². The molecule has 1 aromatic carbocycles. The first kappa shape index (κ1) is 22.9. The van der Waals surface area contributed by atoms with Crippen molar-refractivity contribution in [1.82, 2.24) is 19.5 Å². The predicted octanol–water partition coefficient (Wildman–Crippen LogP) is 5.02. The summed E-state index contributed by atoms with van der Waals surface area (Å²) in [7, 11) is 0. The maximum Gasteiger partial charge on any atom is 0.328 e. The number of halogens is 1. The largest absolute Gasteiger partial charge is 0.478 e. The number of aromatic nitrogens is 3. The number of carboxylic acids is 1. The fourth-order valence-corrected chi connectivity index (χ4v) is 5.46. The summed E-state index contributed by atoms with van der Waals surface area (Å²) >= 11 is 1.72. The number of fused-ring (bicyclic) bond motifs is 2. The van der Waals surface area contributed by atoms with Crippen LogP contribution in [0.2, 0.25) is 0 Å². The van der Waals surface area contributed by atoms with Gasteiger partial charge in [0.1, 0.15) is 11.5 Å². The zero-order valence-electron chi connectivity index (χ0n) is 19.2. The number of aryl methyl sites for hydroxylation is 1. The van der Waals surface area contributed by atoms with Crippen LogP contribution in [0.5, 0.6) is 0 Å². The Morgan fingerprint density at radius 3 is 2.89 bits per heavy atom. The molecule has 5 rings (SSSR count). The average Bonchev–Trinajstić information content (AvgIpc) is 3.50. The molecule has 0 fully saturated rings. The summed E-state index contributed by atoms with van der Waals surface area (Å²) < 4.78 is 16.8. The van der Waals surface area contributed by atoms with Gasteiger partial charge in [0.15, 0.2) is 5.65 Å². The first-order chi connectivity index (χ1) is 16.9. The Balaban J connectivity index is 1.53. The number of carbonyl (C=O) groups excluding carboxylic acids is 1. The van der Waals surface area contributed by atoms with Crippen LogP contribution in [0.15, 0.2) is 47.9 Å². The number of hydrogen-bond acceptors (Lipinski definition) is 5. The molecular formula is C26H23FN4O3S. The smallest absolute Gasteiger partial charge is 0.328 e. The van der Waals surface area contributed by atoms with Crippen molar-refractivity contribution in [3.63, 3.8) is 0 Å². The summed E-state index contributed by atoms with van der Waals surface area (Å²) in [4.78, 5) is 32.1. The SMILES string of the molecule is CCc1cc(C(=O)N2CCc3sccc3C2C)nc2cc(-c3cccc(/C=C/C(=O)O)c3F)nn12. The molecule has 1 aliphatic heterocycles. The van der Waals surface area contributed by atoms with Gasteiger partial charge in [-0.2, -0.15) is 5.10 Å². The maximum atomic E-state index is 15.1. The summed E-state index contributed by atoms with van der Waals surface area (Å²) in [5.41, 5.74) is 3.49. The van der Waals surface area contributed by atoms with Crippen LogP contribution in [0.1, 0.15) is 52.1 Å². The van der Waals surface area contributed by atoms with Crippen LogP contribution in [-0.4, -0.2) is 43.0 Å². The van der Waals surface area contributed by atoms with E-state index in [-0.39, 0.29) is 23.1 Å². The quantitative estimate of drug-likeness (QED) is 0.397. The van der Waals surface area contributed by atoms with Gasteiger partial charge in [-0.25, -0.2) is 18.7 Å². The summed E-state index contributed by atoms with van der Waals surface area (Å²) in [6.45, 7) is 4.63. The lowest BCUT2D eigenvalue weighted by Crippen LogP contribution is -2.38. The van der Waals surface area contributed by atoms with Crippen molar-refractivity contribution in [1.29, 1.82) is 0 Å². The summed E-state index contributed by atoms with van der Waals surface area (Å²) in [6, 6.07) is 10.2. The topological polar surface area (TPSA) is 87.8 Å². The van der Waals surface area contributed by atoms with Crippen LogP contribution >= 0.6 is 11.3 Å². The Morgan fingerprint density at radius 2 is 2.11 bits per heavy atom. The van der Waals surface area contributed by atoms with Crippen LogP contribution < -0.4 is 0 Å². The molecule has 1 atom stereocenters. The van der Waals surface area contributed by atoms with E-state index in [1.165, 1.54) is 22.6 Å². The third-order valence-corrected chi connectivity index (χ3v) is 7.33. The molecule has 3 aromatic heterocycles. The molecule has 7 nitrogen and oxygen atoms in total. The summed E-state index contributed by atoms with van der Waals surface area (Å²) in [5.74, 6) is -1.87. The highest BCUT2D eigenvalue weighted by atomic mass is 32.1. The minimum atomic E-state index is -1.16. The highest BCUT2D eigenvalue weighted by Gasteiger charge is 2.30. The number of carbonyl (C=O) groups is 2. The summed E-state index contributed by atoms with van der Waals surface area (Å²) in [5, 5.41) is 15.5. The van der Waals surface area contributed by atoms with E-state index in [2.05, 4.69) is 21.5 Å². The van der Waals surface area contributed by atoms with Gasteiger partial charge in [0, 0.05) is 40.4 Å². The Bertz CT molecular complexity index is 1490. The molecule has 0 aliphatic carbocycles. The van der Waals surface area contributed by atoms with Crippen molar-refractivity contribution >= 4 is 34.9 Å². The van der Waals surface area contributed by atoms with E-state index in [1.54, 1.807) is 40.1 Å². The van der Waals surface area contributed by atoms with E-state index in [9.17, 15) is 9.59 Å². The fourth-order valence-electron chi connectivity index (χ4n) is 4.50. The van der Waals surface area contributed by atoms with E-state index in [0.29, 0.717) is 30.0 Å². The molecule has 1 amide bonds. The number of amides is 1. The molecule has 1 N–H and O–H groups in total. The molecule has 178 valence electrons. The zero-order valence-corrected chi connectivity index (χ0v) is 20.1. The Hall–Kier alpha value is -3.85. The van der Waals surface area contributed by atoms with Crippen molar-refractivity contribution in [2.45, 2.75) is 32.7 Å². The molecule has 1 unspecified atom stereocenters. The van der Waals surface area contributed by atoms with Crippen molar-refractivity contribution in [3.05, 3.63) is 81.1 Å². The Morgan fingerprint density at radius 1 is 1.29 bits per heavy atom.